The van der Waals surface area contributed by atoms with Crippen molar-refractivity contribution in [1.82, 2.24) is 0 Å². The lowest BCUT2D eigenvalue weighted by atomic mass is 10.3. The van der Waals surface area contributed by atoms with E-state index in [4.69, 9.17) is 10.5 Å². The van der Waals surface area contributed by atoms with E-state index in [2.05, 4.69) is 15.9 Å². The number of ether oxygens (including phenoxy) is 1. The molecule has 2 N–H and O–H groups in total. The Morgan fingerprint density at radius 1 is 1.17 bits per heavy atom. The van der Waals surface area contributed by atoms with Crippen LogP contribution in [0.1, 0.15) is 13.3 Å². The highest BCUT2D eigenvalue weighted by Crippen LogP contribution is 2.32. The van der Waals surface area contributed by atoms with Crippen molar-refractivity contribution < 1.29 is 13.2 Å². The first-order valence-electron chi connectivity index (χ1n) is 7.12. The fourth-order valence-corrected chi connectivity index (χ4v) is 4.23. The van der Waals surface area contributed by atoms with Gasteiger partial charge in [-0.1, -0.05) is 22.9 Å². The zero-order valence-electron chi connectivity index (χ0n) is 13.0. The van der Waals surface area contributed by atoms with Crippen LogP contribution in [-0.2, 0) is 10.0 Å². The normalized spacial score (nSPS) is 11.3. The zero-order chi connectivity index (χ0) is 17.0. The zero-order valence-corrected chi connectivity index (χ0v) is 15.4. The first-order valence-corrected chi connectivity index (χ1v) is 9.35. The Kier molecular flexibility index (Phi) is 5.54. The van der Waals surface area contributed by atoms with Gasteiger partial charge in [-0.15, -0.1) is 0 Å². The summed E-state index contributed by atoms with van der Waals surface area (Å²) in [7, 11) is -2.34. The lowest BCUT2D eigenvalue weighted by Crippen LogP contribution is -2.32. The van der Waals surface area contributed by atoms with Gasteiger partial charge in [-0.25, -0.2) is 8.42 Å². The van der Waals surface area contributed by atoms with Gasteiger partial charge in [-0.2, -0.15) is 0 Å². The van der Waals surface area contributed by atoms with E-state index in [-0.39, 0.29) is 10.6 Å². The van der Waals surface area contributed by atoms with Crippen LogP contribution in [-0.4, -0.2) is 22.1 Å². The number of rotatable bonds is 6. The molecule has 0 amide bonds. The van der Waals surface area contributed by atoms with Gasteiger partial charge in [0, 0.05) is 16.7 Å². The van der Waals surface area contributed by atoms with Gasteiger partial charge in [0.1, 0.15) is 10.6 Å². The molecular weight excluding hydrogens is 380 g/mol. The van der Waals surface area contributed by atoms with Crippen LogP contribution in [0.3, 0.4) is 0 Å². The molecule has 0 heterocycles. The maximum absolute atomic E-state index is 13.1. The van der Waals surface area contributed by atoms with Crippen molar-refractivity contribution in [2.75, 3.05) is 23.7 Å². The van der Waals surface area contributed by atoms with Crippen LogP contribution in [0.25, 0.3) is 0 Å². The molecule has 0 radical (unpaired) electrons. The van der Waals surface area contributed by atoms with E-state index in [0.29, 0.717) is 24.3 Å². The summed E-state index contributed by atoms with van der Waals surface area (Å²) in [6, 6.07) is 11.7. The highest BCUT2D eigenvalue weighted by Gasteiger charge is 2.28. The van der Waals surface area contributed by atoms with Crippen molar-refractivity contribution in [3.05, 3.63) is 46.9 Å². The van der Waals surface area contributed by atoms with Crippen LogP contribution >= 0.6 is 15.9 Å². The summed E-state index contributed by atoms with van der Waals surface area (Å²) in [5.41, 5.74) is 6.74. The molecule has 0 spiro atoms. The highest BCUT2D eigenvalue weighted by molar-refractivity contribution is 9.10. The summed E-state index contributed by atoms with van der Waals surface area (Å²) in [6.07, 6.45) is 0.680. The standard InChI is InChI=1S/C16H19BrN2O3S/c1-3-10-19(14-7-4-12(17)5-8-14)23(20,21)16-11-13(18)6-9-15(16)22-2/h4-9,11H,3,10,18H2,1-2H3. The topological polar surface area (TPSA) is 72.6 Å². The summed E-state index contributed by atoms with van der Waals surface area (Å²) >= 11 is 3.36. The third-order valence-corrected chi connectivity index (χ3v) is 5.67. The maximum atomic E-state index is 13.1. The van der Waals surface area contributed by atoms with Gasteiger partial charge in [0.05, 0.1) is 12.8 Å². The molecule has 2 aromatic carbocycles. The first kappa shape index (κ1) is 17.6. The number of sulfonamides is 1. The predicted molar refractivity (Wildman–Crippen MR) is 96.4 cm³/mol. The van der Waals surface area contributed by atoms with Crippen molar-refractivity contribution in [2.24, 2.45) is 0 Å². The SMILES string of the molecule is CCCN(c1ccc(Br)cc1)S(=O)(=O)c1cc(N)ccc1OC. The second-order valence-corrected chi connectivity index (χ2v) is 7.71. The van der Waals surface area contributed by atoms with Gasteiger partial charge in [0.2, 0.25) is 0 Å². The van der Waals surface area contributed by atoms with Gasteiger partial charge in [0.25, 0.3) is 10.0 Å². The molecule has 0 fully saturated rings. The number of nitrogen functional groups attached to an aromatic ring is 1. The number of hydrogen-bond acceptors (Lipinski definition) is 4. The Balaban J connectivity index is 2.57. The van der Waals surface area contributed by atoms with E-state index in [0.717, 1.165) is 4.47 Å². The summed E-state index contributed by atoms with van der Waals surface area (Å²) in [6.45, 7) is 2.29. The van der Waals surface area contributed by atoms with Crippen LogP contribution in [0.5, 0.6) is 5.75 Å². The highest BCUT2D eigenvalue weighted by atomic mass is 79.9. The number of methoxy groups -OCH3 is 1. The minimum atomic E-state index is -3.78. The predicted octanol–water partition coefficient (Wildman–Crippen LogP) is 3.65. The molecule has 0 aliphatic rings. The first-order chi connectivity index (χ1) is 10.9. The van der Waals surface area contributed by atoms with E-state index in [1.54, 1.807) is 24.3 Å². The lowest BCUT2D eigenvalue weighted by Gasteiger charge is -2.25. The van der Waals surface area contributed by atoms with Crippen molar-refractivity contribution in [3.8, 4) is 5.75 Å². The van der Waals surface area contributed by atoms with E-state index >= 15 is 0 Å². The second kappa shape index (κ2) is 7.23. The maximum Gasteiger partial charge on any atom is 0.268 e. The van der Waals surface area contributed by atoms with E-state index in [1.165, 1.54) is 17.5 Å². The number of anilines is 2. The van der Waals surface area contributed by atoms with Gasteiger partial charge in [0.15, 0.2) is 0 Å². The molecule has 7 heteroatoms. The van der Waals surface area contributed by atoms with Crippen LogP contribution in [0, 0.1) is 0 Å². The number of nitrogens with zero attached hydrogens (tertiary/aromatic N) is 1. The molecule has 0 atom stereocenters. The average Bonchev–Trinajstić information content (AvgIpc) is 2.53. The smallest absolute Gasteiger partial charge is 0.268 e. The van der Waals surface area contributed by atoms with Crippen LogP contribution in [0.15, 0.2) is 51.8 Å². The van der Waals surface area contributed by atoms with Crippen molar-refractivity contribution in [1.29, 1.82) is 0 Å². The number of nitrogens with two attached hydrogens (primary N) is 1. The molecule has 5 nitrogen and oxygen atoms in total. The number of hydrogen-bond donors (Lipinski definition) is 1. The minimum absolute atomic E-state index is 0.0661. The van der Waals surface area contributed by atoms with Crippen LogP contribution in [0.4, 0.5) is 11.4 Å². The van der Waals surface area contributed by atoms with E-state index in [1.807, 2.05) is 19.1 Å². The quantitative estimate of drug-likeness (QED) is 0.753. The molecule has 0 aromatic heterocycles. The fourth-order valence-electron chi connectivity index (χ4n) is 2.21. The van der Waals surface area contributed by atoms with Gasteiger partial charge >= 0.3 is 0 Å². The molecule has 0 bridgehead atoms. The number of benzene rings is 2. The summed E-state index contributed by atoms with van der Waals surface area (Å²) < 4.78 is 33.7. The third kappa shape index (κ3) is 3.79. The minimum Gasteiger partial charge on any atom is -0.495 e. The van der Waals surface area contributed by atoms with Gasteiger partial charge in [-0.05, 0) is 48.9 Å². The summed E-state index contributed by atoms with van der Waals surface area (Å²) in [5.74, 6) is 0.275. The average molecular weight is 399 g/mol. The van der Waals surface area contributed by atoms with Crippen LogP contribution < -0.4 is 14.8 Å². The Hall–Kier alpha value is -1.73. The van der Waals surface area contributed by atoms with Gasteiger partial charge in [-0.3, -0.25) is 4.31 Å². The second-order valence-electron chi connectivity index (χ2n) is 4.96. The molecule has 0 aliphatic carbocycles. The van der Waals surface area contributed by atoms with Crippen molar-refractivity contribution >= 4 is 37.3 Å². The monoisotopic (exact) mass is 398 g/mol. The fraction of sp³-hybridized carbons (Fsp3) is 0.250. The van der Waals surface area contributed by atoms with Crippen LogP contribution in [0.2, 0.25) is 0 Å². The molecule has 0 saturated carbocycles. The number of halogens is 1. The lowest BCUT2D eigenvalue weighted by molar-refractivity contribution is 0.402. The third-order valence-electron chi connectivity index (χ3n) is 3.30. The summed E-state index contributed by atoms with van der Waals surface area (Å²) in [4.78, 5) is 0.0661. The molecule has 2 rings (SSSR count). The Bertz CT molecular complexity index is 776. The molecule has 0 unspecified atom stereocenters. The van der Waals surface area contributed by atoms with Gasteiger partial charge < -0.3 is 10.5 Å². The Morgan fingerprint density at radius 2 is 1.83 bits per heavy atom. The van der Waals surface area contributed by atoms with Crippen molar-refractivity contribution in [2.45, 2.75) is 18.2 Å². The summed E-state index contributed by atoms with van der Waals surface area (Å²) in [5, 5.41) is 0. The molecule has 2 aromatic rings. The molecule has 0 saturated heterocycles. The van der Waals surface area contributed by atoms with E-state index < -0.39 is 10.0 Å². The molecule has 124 valence electrons. The Labute approximate surface area is 145 Å². The van der Waals surface area contributed by atoms with E-state index in [9.17, 15) is 8.42 Å². The largest absolute Gasteiger partial charge is 0.495 e. The molecular formula is C16H19BrN2O3S. The molecule has 0 aliphatic heterocycles. The van der Waals surface area contributed by atoms with Crippen molar-refractivity contribution in [3.63, 3.8) is 0 Å². The molecule has 23 heavy (non-hydrogen) atoms. The Morgan fingerprint density at radius 3 is 2.39 bits per heavy atom.